The fourth-order valence-electron chi connectivity index (χ4n) is 2.98. The first-order chi connectivity index (χ1) is 11.5. The van der Waals surface area contributed by atoms with E-state index in [1.54, 1.807) is 37.4 Å². The van der Waals surface area contributed by atoms with E-state index in [1.165, 1.54) is 6.07 Å². The highest BCUT2D eigenvalue weighted by atomic mass is 35.5. The molecule has 0 spiro atoms. The predicted molar refractivity (Wildman–Crippen MR) is 101 cm³/mol. The number of methoxy groups -OCH3 is 1. The Balaban J connectivity index is 1.92. The molecule has 1 N–H and O–H groups in total. The molecule has 0 saturated heterocycles. The maximum atomic E-state index is 13.5. The Labute approximate surface area is 151 Å². The fraction of sp³-hybridized carbons (Fsp3) is 0.278. The van der Waals surface area contributed by atoms with Crippen LogP contribution in [0.4, 0.5) is 15.8 Å². The number of anilines is 2. The van der Waals surface area contributed by atoms with E-state index in [0.717, 1.165) is 24.1 Å². The van der Waals surface area contributed by atoms with Crippen LogP contribution in [0.25, 0.3) is 0 Å². The summed E-state index contributed by atoms with van der Waals surface area (Å²) in [5.41, 5.74) is 2.61. The Kier molecular flexibility index (Phi) is 4.92. The van der Waals surface area contributed by atoms with Crippen LogP contribution in [0.5, 0.6) is 5.75 Å². The molecule has 24 heavy (non-hydrogen) atoms. The van der Waals surface area contributed by atoms with Gasteiger partial charge in [0.15, 0.2) is 5.11 Å². The molecule has 0 amide bonds. The Morgan fingerprint density at radius 3 is 2.88 bits per heavy atom. The number of halogens is 2. The standard InChI is InChI=1S/C18H18ClFN2OS/c1-11-3-4-12-9-14(20)6-7-16(12)22(11)18(24)21-15-10-13(19)5-8-17(15)23-2/h5-11H,3-4H2,1-2H3,(H,21,24)/t11-/m1/s1. The minimum absolute atomic E-state index is 0.216. The second kappa shape index (κ2) is 6.95. The number of benzene rings is 2. The Bertz CT molecular complexity index is 784. The highest BCUT2D eigenvalue weighted by molar-refractivity contribution is 7.80. The van der Waals surface area contributed by atoms with Crippen LogP contribution >= 0.6 is 23.8 Å². The SMILES string of the molecule is COc1ccc(Cl)cc1NC(=S)N1c2ccc(F)cc2CC[C@H]1C. The smallest absolute Gasteiger partial charge is 0.178 e. The van der Waals surface area contributed by atoms with Crippen LogP contribution in [0.3, 0.4) is 0 Å². The molecule has 3 rings (SSSR count). The van der Waals surface area contributed by atoms with E-state index < -0.39 is 0 Å². The number of ether oxygens (including phenoxy) is 1. The molecule has 1 heterocycles. The van der Waals surface area contributed by atoms with Crippen LogP contribution in [0.2, 0.25) is 5.02 Å². The molecule has 0 bridgehead atoms. The molecule has 2 aromatic rings. The zero-order valence-corrected chi connectivity index (χ0v) is 15.0. The number of rotatable bonds is 2. The lowest BCUT2D eigenvalue weighted by Gasteiger charge is -2.37. The second-order valence-electron chi connectivity index (χ2n) is 5.81. The summed E-state index contributed by atoms with van der Waals surface area (Å²) in [5, 5.41) is 4.34. The molecular weight excluding hydrogens is 347 g/mol. The van der Waals surface area contributed by atoms with Crippen LogP contribution < -0.4 is 15.0 Å². The van der Waals surface area contributed by atoms with E-state index in [1.807, 2.05) is 4.90 Å². The number of hydrogen-bond acceptors (Lipinski definition) is 2. The summed E-state index contributed by atoms with van der Waals surface area (Å²) in [4.78, 5) is 2.02. The molecule has 0 unspecified atom stereocenters. The van der Waals surface area contributed by atoms with Crippen molar-refractivity contribution in [3.05, 3.63) is 52.8 Å². The first-order valence-electron chi connectivity index (χ1n) is 7.72. The van der Waals surface area contributed by atoms with Crippen molar-refractivity contribution in [2.45, 2.75) is 25.8 Å². The van der Waals surface area contributed by atoms with Gasteiger partial charge in [-0.25, -0.2) is 4.39 Å². The molecule has 2 aromatic carbocycles. The first kappa shape index (κ1) is 17.0. The molecule has 1 aliphatic rings. The van der Waals surface area contributed by atoms with Gasteiger partial charge >= 0.3 is 0 Å². The molecule has 3 nitrogen and oxygen atoms in total. The fourth-order valence-corrected chi connectivity index (χ4v) is 3.54. The maximum absolute atomic E-state index is 13.5. The molecule has 126 valence electrons. The summed E-state index contributed by atoms with van der Waals surface area (Å²) in [6.45, 7) is 2.11. The Morgan fingerprint density at radius 2 is 2.12 bits per heavy atom. The van der Waals surface area contributed by atoms with Crippen molar-refractivity contribution in [1.29, 1.82) is 0 Å². The van der Waals surface area contributed by atoms with Gasteiger partial charge in [0.05, 0.1) is 12.8 Å². The molecular formula is C18H18ClFN2OS. The third-order valence-electron chi connectivity index (χ3n) is 4.20. The van der Waals surface area contributed by atoms with Crippen molar-refractivity contribution in [2.75, 3.05) is 17.3 Å². The summed E-state index contributed by atoms with van der Waals surface area (Å²) in [6.07, 6.45) is 1.75. The average Bonchev–Trinajstić information content (AvgIpc) is 2.55. The van der Waals surface area contributed by atoms with Crippen molar-refractivity contribution in [3.8, 4) is 5.75 Å². The van der Waals surface area contributed by atoms with Gasteiger partial charge in [0.1, 0.15) is 11.6 Å². The number of nitrogens with zero attached hydrogens (tertiary/aromatic N) is 1. The molecule has 0 aliphatic carbocycles. The van der Waals surface area contributed by atoms with Gasteiger partial charge in [-0.1, -0.05) is 11.6 Å². The summed E-state index contributed by atoms with van der Waals surface area (Å²) < 4.78 is 18.9. The number of thiocarbonyl (C=S) groups is 1. The number of nitrogens with one attached hydrogen (secondary N) is 1. The van der Waals surface area contributed by atoms with E-state index in [0.29, 0.717) is 21.6 Å². The van der Waals surface area contributed by atoms with Gasteiger partial charge in [-0.3, -0.25) is 0 Å². The van der Waals surface area contributed by atoms with Crippen LogP contribution in [0.15, 0.2) is 36.4 Å². The Morgan fingerprint density at radius 1 is 1.33 bits per heavy atom. The summed E-state index contributed by atoms with van der Waals surface area (Å²) in [6, 6.07) is 10.4. The summed E-state index contributed by atoms with van der Waals surface area (Å²) in [7, 11) is 1.60. The largest absolute Gasteiger partial charge is 0.495 e. The summed E-state index contributed by atoms with van der Waals surface area (Å²) >= 11 is 11.7. The molecule has 1 aliphatic heterocycles. The minimum atomic E-state index is -0.223. The summed E-state index contributed by atoms with van der Waals surface area (Å²) in [5.74, 6) is 0.435. The van der Waals surface area contributed by atoms with Gasteiger partial charge in [-0.2, -0.15) is 0 Å². The first-order valence-corrected chi connectivity index (χ1v) is 8.50. The van der Waals surface area contributed by atoms with Crippen molar-refractivity contribution in [1.82, 2.24) is 0 Å². The third-order valence-corrected chi connectivity index (χ3v) is 4.73. The lowest BCUT2D eigenvalue weighted by Crippen LogP contribution is -2.44. The zero-order valence-electron chi connectivity index (χ0n) is 13.5. The van der Waals surface area contributed by atoms with Gasteiger partial charge in [-0.05, 0) is 73.9 Å². The van der Waals surface area contributed by atoms with Crippen molar-refractivity contribution in [2.24, 2.45) is 0 Å². The molecule has 0 fully saturated rings. The van der Waals surface area contributed by atoms with Gasteiger partial charge in [0.25, 0.3) is 0 Å². The molecule has 0 aromatic heterocycles. The topological polar surface area (TPSA) is 24.5 Å². The maximum Gasteiger partial charge on any atom is 0.178 e. The predicted octanol–water partition coefficient (Wildman–Crippen LogP) is 5.03. The van der Waals surface area contributed by atoms with Crippen LogP contribution in [-0.4, -0.2) is 18.3 Å². The van der Waals surface area contributed by atoms with E-state index >= 15 is 0 Å². The number of hydrogen-bond donors (Lipinski definition) is 1. The van der Waals surface area contributed by atoms with Crippen LogP contribution in [0.1, 0.15) is 18.9 Å². The van der Waals surface area contributed by atoms with Gasteiger partial charge < -0.3 is 15.0 Å². The Hall–Kier alpha value is -1.85. The second-order valence-corrected chi connectivity index (χ2v) is 6.63. The third kappa shape index (κ3) is 3.32. The monoisotopic (exact) mass is 364 g/mol. The lowest BCUT2D eigenvalue weighted by molar-refractivity contribution is 0.417. The minimum Gasteiger partial charge on any atom is -0.495 e. The van der Waals surface area contributed by atoms with E-state index in [2.05, 4.69) is 12.2 Å². The number of aryl methyl sites for hydroxylation is 1. The van der Waals surface area contributed by atoms with E-state index in [9.17, 15) is 4.39 Å². The quantitative estimate of drug-likeness (QED) is 0.756. The van der Waals surface area contributed by atoms with Gasteiger partial charge in [0.2, 0.25) is 0 Å². The average molecular weight is 365 g/mol. The zero-order chi connectivity index (χ0) is 17.3. The number of fused-ring (bicyclic) bond motifs is 1. The molecule has 6 heteroatoms. The van der Waals surface area contributed by atoms with Gasteiger partial charge in [0, 0.05) is 16.8 Å². The van der Waals surface area contributed by atoms with E-state index in [-0.39, 0.29) is 11.9 Å². The molecule has 0 radical (unpaired) electrons. The van der Waals surface area contributed by atoms with Crippen molar-refractivity contribution < 1.29 is 9.13 Å². The van der Waals surface area contributed by atoms with Crippen LogP contribution in [0, 0.1) is 5.82 Å². The highest BCUT2D eigenvalue weighted by Gasteiger charge is 2.27. The van der Waals surface area contributed by atoms with Crippen molar-refractivity contribution in [3.63, 3.8) is 0 Å². The normalized spacial score (nSPS) is 16.5. The molecule has 1 atom stereocenters. The highest BCUT2D eigenvalue weighted by Crippen LogP contribution is 2.33. The van der Waals surface area contributed by atoms with Gasteiger partial charge in [-0.15, -0.1) is 0 Å². The molecule has 0 saturated carbocycles. The van der Waals surface area contributed by atoms with Crippen molar-refractivity contribution >= 4 is 40.3 Å². The van der Waals surface area contributed by atoms with Crippen LogP contribution in [-0.2, 0) is 6.42 Å². The lowest BCUT2D eigenvalue weighted by atomic mass is 9.97. The van der Waals surface area contributed by atoms with E-state index in [4.69, 9.17) is 28.6 Å².